The van der Waals surface area contributed by atoms with Crippen LogP contribution in [0.25, 0.3) is 0 Å². The molecule has 0 aliphatic carbocycles. The van der Waals surface area contributed by atoms with Crippen molar-refractivity contribution in [1.82, 2.24) is 9.80 Å². The van der Waals surface area contributed by atoms with E-state index in [1.165, 1.54) is 19.5 Å². The molecule has 144 valence electrons. The summed E-state index contributed by atoms with van der Waals surface area (Å²) in [5, 5.41) is 9.93. The van der Waals surface area contributed by atoms with Crippen molar-refractivity contribution in [2.45, 2.75) is 59.4 Å². The molecule has 2 saturated heterocycles. The number of nitrogens with zero attached hydrogens (tertiary/aromatic N) is 2. The first-order valence-corrected chi connectivity index (χ1v) is 10.2. The van der Waals surface area contributed by atoms with Crippen molar-refractivity contribution in [3.8, 4) is 5.75 Å². The van der Waals surface area contributed by atoms with Gasteiger partial charge in [0.25, 0.3) is 0 Å². The predicted octanol–water partition coefficient (Wildman–Crippen LogP) is 3.52. The smallest absolute Gasteiger partial charge is 0.225 e. The van der Waals surface area contributed by atoms with Crippen LogP contribution < -0.4 is 0 Å². The number of carbonyl (C=O) groups excluding carboxylic acids is 1. The summed E-state index contributed by atoms with van der Waals surface area (Å²) in [6.07, 6.45) is 4.29. The van der Waals surface area contributed by atoms with Crippen molar-refractivity contribution in [3.05, 3.63) is 28.8 Å². The number of hydrogen-bond donors (Lipinski definition) is 1. The van der Waals surface area contributed by atoms with Gasteiger partial charge in [-0.25, -0.2) is 0 Å². The van der Waals surface area contributed by atoms with E-state index < -0.39 is 0 Å². The monoisotopic (exact) mass is 358 g/mol. The van der Waals surface area contributed by atoms with E-state index in [9.17, 15) is 9.90 Å². The highest BCUT2D eigenvalue weighted by Crippen LogP contribution is 2.27. The summed E-state index contributed by atoms with van der Waals surface area (Å²) in [5.41, 5.74) is 2.92. The van der Waals surface area contributed by atoms with E-state index in [1.807, 2.05) is 32.9 Å². The van der Waals surface area contributed by atoms with Crippen LogP contribution in [0, 0.1) is 25.7 Å². The van der Waals surface area contributed by atoms with Gasteiger partial charge < -0.3 is 10.0 Å². The Morgan fingerprint density at radius 1 is 1.15 bits per heavy atom. The van der Waals surface area contributed by atoms with Crippen molar-refractivity contribution < 1.29 is 9.90 Å². The Balaban J connectivity index is 1.53. The molecule has 1 amide bonds. The summed E-state index contributed by atoms with van der Waals surface area (Å²) in [5.74, 6) is 1.46. The zero-order valence-corrected chi connectivity index (χ0v) is 16.8. The largest absolute Gasteiger partial charge is 0.507 e. The molecule has 0 bridgehead atoms. The van der Waals surface area contributed by atoms with Crippen LogP contribution in [0.1, 0.15) is 49.8 Å². The standard InChI is InChI=1S/C22H34N2O2/c1-15-5-8-24(14-15)20-6-9-23(10-7-20)22(26)18(4)13-19-11-16(2)21(25)17(3)12-19/h11-12,15,18,20,25H,5-10,13-14H2,1-4H3/t15-,18+/m0/s1. The predicted molar refractivity (Wildman–Crippen MR) is 105 cm³/mol. The summed E-state index contributed by atoms with van der Waals surface area (Å²) in [4.78, 5) is 17.6. The van der Waals surface area contributed by atoms with Gasteiger partial charge in [-0.05, 0) is 68.7 Å². The third-order valence-electron chi connectivity index (χ3n) is 6.26. The van der Waals surface area contributed by atoms with E-state index in [0.29, 0.717) is 11.8 Å². The molecule has 1 aromatic rings. The van der Waals surface area contributed by atoms with Gasteiger partial charge >= 0.3 is 0 Å². The molecular formula is C22H34N2O2. The quantitative estimate of drug-likeness (QED) is 0.896. The number of likely N-dealkylation sites (tertiary alicyclic amines) is 2. The minimum atomic E-state index is -0.0123. The topological polar surface area (TPSA) is 43.8 Å². The molecule has 0 saturated carbocycles. The van der Waals surface area contributed by atoms with Crippen LogP contribution in [0.4, 0.5) is 0 Å². The highest BCUT2D eigenvalue weighted by atomic mass is 16.3. The molecule has 0 radical (unpaired) electrons. The molecule has 4 nitrogen and oxygen atoms in total. The summed E-state index contributed by atoms with van der Waals surface area (Å²) in [6, 6.07) is 4.68. The first-order valence-electron chi connectivity index (χ1n) is 10.2. The normalized spacial score (nSPS) is 23.4. The van der Waals surface area contributed by atoms with Crippen LogP contribution in [0.5, 0.6) is 5.75 Å². The van der Waals surface area contributed by atoms with Crippen molar-refractivity contribution in [2.24, 2.45) is 11.8 Å². The molecule has 3 rings (SSSR count). The lowest BCUT2D eigenvalue weighted by Gasteiger charge is -2.37. The maximum absolute atomic E-state index is 12.9. The molecular weight excluding hydrogens is 324 g/mol. The van der Waals surface area contributed by atoms with Gasteiger partial charge in [0.15, 0.2) is 0 Å². The van der Waals surface area contributed by atoms with Crippen LogP contribution in [0.15, 0.2) is 12.1 Å². The molecule has 2 aliphatic rings. The Bertz CT molecular complexity index is 627. The molecule has 0 aromatic heterocycles. The van der Waals surface area contributed by atoms with Gasteiger partial charge in [-0.3, -0.25) is 9.69 Å². The van der Waals surface area contributed by atoms with Crippen molar-refractivity contribution in [2.75, 3.05) is 26.2 Å². The lowest BCUT2D eigenvalue weighted by atomic mass is 9.95. The van der Waals surface area contributed by atoms with Crippen molar-refractivity contribution in [3.63, 3.8) is 0 Å². The third kappa shape index (κ3) is 4.22. The average Bonchev–Trinajstić information content (AvgIpc) is 3.05. The average molecular weight is 359 g/mol. The molecule has 0 spiro atoms. The second-order valence-corrected chi connectivity index (χ2v) is 8.63. The fourth-order valence-corrected chi connectivity index (χ4v) is 4.67. The van der Waals surface area contributed by atoms with Crippen LogP contribution in [0.3, 0.4) is 0 Å². The van der Waals surface area contributed by atoms with E-state index in [0.717, 1.165) is 55.0 Å². The van der Waals surface area contributed by atoms with E-state index in [2.05, 4.69) is 16.7 Å². The minimum Gasteiger partial charge on any atom is -0.507 e. The number of phenolic OH excluding ortho intramolecular Hbond substituents is 1. The molecule has 2 aliphatic heterocycles. The minimum absolute atomic E-state index is 0.0123. The van der Waals surface area contributed by atoms with Gasteiger partial charge in [0.2, 0.25) is 5.91 Å². The number of aromatic hydroxyl groups is 1. The fraction of sp³-hybridized carbons (Fsp3) is 0.682. The van der Waals surface area contributed by atoms with Crippen LogP contribution in [-0.2, 0) is 11.2 Å². The van der Waals surface area contributed by atoms with Gasteiger partial charge in [0.05, 0.1) is 0 Å². The fourth-order valence-electron chi connectivity index (χ4n) is 4.67. The Labute approximate surface area is 158 Å². The lowest BCUT2D eigenvalue weighted by Crippen LogP contribution is -2.47. The number of hydrogen-bond acceptors (Lipinski definition) is 3. The number of amides is 1. The van der Waals surface area contributed by atoms with Crippen LogP contribution in [0.2, 0.25) is 0 Å². The number of phenols is 1. The van der Waals surface area contributed by atoms with Gasteiger partial charge in [-0.15, -0.1) is 0 Å². The summed E-state index contributed by atoms with van der Waals surface area (Å²) in [6.45, 7) is 12.5. The number of aryl methyl sites for hydroxylation is 2. The van der Waals surface area contributed by atoms with Crippen LogP contribution >= 0.6 is 0 Å². The molecule has 2 fully saturated rings. The number of rotatable bonds is 4. The van der Waals surface area contributed by atoms with Crippen molar-refractivity contribution >= 4 is 5.91 Å². The Morgan fingerprint density at radius 3 is 2.31 bits per heavy atom. The second-order valence-electron chi connectivity index (χ2n) is 8.63. The maximum atomic E-state index is 12.9. The second kappa shape index (κ2) is 7.99. The van der Waals surface area contributed by atoms with Crippen molar-refractivity contribution in [1.29, 1.82) is 0 Å². The maximum Gasteiger partial charge on any atom is 0.225 e. The molecule has 4 heteroatoms. The zero-order chi connectivity index (χ0) is 18.8. The van der Waals surface area contributed by atoms with Crippen LogP contribution in [-0.4, -0.2) is 53.0 Å². The number of piperidine rings is 1. The third-order valence-corrected chi connectivity index (χ3v) is 6.26. The highest BCUT2D eigenvalue weighted by molar-refractivity contribution is 5.79. The Morgan fingerprint density at radius 2 is 1.77 bits per heavy atom. The van der Waals surface area contributed by atoms with E-state index >= 15 is 0 Å². The van der Waals surface area contributed by atoms with Gasteiger partial charge in [0, 0.05) is 31.6 Å². The van der Waals surface area contributed by atoms with Gasteiger partial charge in [-0.2, -0.15) is 0 Å². The van der Waals surface area contributed by atoms with E-state index in [-0.39, 0.29) is 11.8 Å². The number of benzene rings is 1. The molecule has 1 N–H and O–H groups in total. The first-order chi connectivity index (χ1) is 12.3. The summed E-state index contributed by atoms with van der Waals surface area (Å²) in [7, 11) is 0. The summed E-state index contributed by atoms with van der Waals surface area (Å²) < 4.78 is 0. The van der Waals surface area contributed by atoms with Gasteiger partial charge in [0.1, 0.15) is 5.75 Å². The first kappa shape index (κ1) is 19.2. The Kier molecular flexibility index (Phi) is 5.91. The summed E-state index contributed by atoms with van der Waals surface area (Å²) >= 11 is 0. The zero-order valence-electron chi connectivity index (χ0n) is 16.8. The number of carbonyl (C=O) groups is 1. The molecule has 1 aromatic carbocycles. The molecule has 0 unspecified atom stereocenters. The van der Waals surface area contributed by atoms with Gasteiger partial charge in [-0.1, -0.05) is 26.0 Å². The SMILES string of the molecule is Cc1cc(C[C@@H](C)C(=O)N2CCC(N3CC[C@H](C)C3)CC2)cc(C)c1O. The Hall–Kier alpha value is -1.55. The lowest BCUT2D eigenvalue weighted by molar-refractivity contribution is -0.136. The van der Waals surface area contributed by atoms with E-state index in [1.54, 1.807) is 0 Å². The van der Waals surface area contributed by atoms with E-state index in [4.69, 9.17) is 0 Å². The highest BCUT2D eigenvalue weighted by Gasteiger charge is 2.31. The molecule has 2 atom stereocenters. The molecule has 26 heavy (non-hydrogen) atoms. The molecule has 2 heterocycles.